The maximum Gasteiger partial charge on any atom is 0.387 e. The Hall–Kier alpha value is -2.18. The maximum atomic E-state index is 12.9. The number of amides is 1. The average molecular weight is 339 g/mol. The molecule has 5 nitrogen and oxygen atoms in total. The molecule has 130 valence electrons. The number of hydrogen-bond donors (Lipinski definition) is 1. The summed E-state index contributed by atoms with van der Waals surface area (Å²) in [6, 6.07) is 4.58. The van der Waals surface area contributed by atoms with E-state index in [1.54, 1.807) is 0 Å². The molecule has 2 fully saturated rings. The van der Waals surface area contributed by atoms with E-state index in [2.05, 4.69) is 4.74 Å². The van der Waals surface area contributed by atoms with Crippen molar-refractivity contribution in [1.29, 1.82) is 0 Å². The Kier molecular flexibility index (Phi) is 4.69. The average Bonchev–Trinajstić information content (AvgIpc) is 2.93. The minimum absolute atomic E-state index is 0.0907. The third-order valence-electron chi connectivity index (χ3n) is 4.91. The molecular formula is C17H19F2NO4. The van der Waals surface area contributed by atoms with Crippen molar-refractivity contribution in [2.24, 2.45) is 5.92 Å². The molecule has 3 atom stereocenters. The number of ether oxygens (including phenoxy) is 1. The number of carbonyl (C=O) groups is 2. The first kappa shape index (κ1) is 16.7. The van der Waals surface area contributed by atoms with Gasteiger partial charge >= 0.3 is 12.6 Å². The topological polar surface area (TPSA) is 66.8 Å². The van der Waals surface area contributed by atoms with E-state index in [1.807, 2.05) is 0 Å². The molecule has 0 spiro atoms. The Morgan fingerprint density at radius 3 is 2.71 bits per heavy atom. The summed E-state index contributed by atoms with van der Waals surface area (Å²) in [6.45, 7) is -2.98. The van der Waals surface area contributed by atoms with Gasteiger partial charge in [-0.1, -0.05) is 18.9 Å². The van der Waals surface area contributed by atoms with E-state index < -0.39 is 24.5 Å². The van der Waals surface area contributed by atoms with Gasteiger partial charge in [0.15, 0.2) is 0 Å². The minimum Gasteiger partial charge on any atom is -0.480 e. The predicted octanol–water partition coefficient (Wildman–Crippen LogP) is 3.15. The number of fused-ring (bicyclic) bond motifs is 1. The molecule has 2 aliphatic rings. The number of carboxylic acid groups (broad SMARTS) is 1. The van der Waals surface area contributed by atoms with Gasteiger partial charge in [-0.25, -0.2) is 4.79 Å². The second-order valence-electron chi connectivity index (χ2n) is 6.32. The molecule has 7 heteroatoms. The normalized spacial score (nSPS) is 26.3. The molecule has 1 heterocycles. The largest absolute Gasteiger partial charge is 0.480 e. The number of halogens is 2. The summed E-state index contributed by atoms with van der Waals surface area (Å²) < 4.78 is 29.0. The monoisotopic (exact) mass is 339 g/mol. The standard InChI is InChI=1S/C17H19F2NO4/c18-17(19)24-12-6-3-5-11(8-12)15(21)20-13-7-2-1-4-10(13)9-14(20)16(22)23/h3,5-6,8,10,13-14,17H,1-2,4,7,9H2,(H,22,23). The summed E-state index contributed by atoms with van der Waals surface area (Å²) in [5.74, 6) is -1.36. The van der Waals surface area contributed by atoms with Crippen LogP contribution in [0.15, 0.2) is 24.3 Å². The number of carbonyl (C=O) groups excluding carboxylic acids is 1. The highest BCUT2D eigenvalue weighted by atomic mass is 19.3. The molecular weight excluding hydrogens is 320 g/mol. The van der Waals surface area contributed by atoms with Crippen LogP contribution in [0, 0.1) is 5.92 Å². The fourth-order valence-corrected chi connectivity index (χ4v) is 3.93. The lowest BCUT2D eigenvalue weighted by atomic mass is 9.84. The second-order valence-corrected chi connectivity index (χ2v) is 6.32. The van der Waals surface area contributed by atoms with Gasteiger partial charge in [0, 0.05) is 11.6 Å². The van der Waals surface area contributed by atoms with Crippen LogP contribution in [0.4, 0.5) is 8.78 Å². The quantitative estimate of drug-likeness (QED) is 0.915. The Bertz CT molecular complexity index is 637. The number of aliphatic carboxylic acids is 1. The number of alkyl halides is 2. The summed E-state index contributed by atoms with van der Waals surface area (Å²) in [6.07, 6.45) is 4.18. The van der Waals surface area contributed by atoms with Crippen molar-refractivity contribution in [3.8, 4) is 5.75 Å². The van der Waals surface area contributed by atoms with Gasteiger partial charge in [-0.2, -0.15) is 8.78 Å². The third-order valence-corrected chi connectivity index (χ3v) is 4.91. The lowest BCUT2D eigenvalue weighted by molar-refractivity contribution is -0.141. The van der Waals surface area contributed by atoms with E-state index in [9.17, 15) is 23.5 Å². The summed E-state index contributed by atoms with van der Waals surface area (Å²) in [4.78, 5) is 25.9. The van der Waals surface area contributed by atoms with Gasteiger partial charge in [-0.3, -0.25) is 4.79 Å². The van der Waals surface area contributed by atoms with Crippen LogP contribution in [0.1, 0.15) is 42.5 Å². The summed E-state index contributed by atoms with van der Waals surface area (Å²) >= 11 is 0. The van der Waals surface area contributed by atoms with E-state index in [0.717, 1.165) is 25.7 Å². The van der Waals surface area contributed by atoms with E-state index in [-0.39, 0.29) is 23.3 Å². The number of hydrogen-bond acceptors (Lipinski definition) is 3. The highest BCUT2D eigenvalue weighted by Gasteiger charge is 2.47. The Morgan fingerprint density at radius 2 is 2.00 bits per heavy atom. The first-order chi connectivity index (χ1) is 11.5. The van der Waals surface area contributed by atoms with Crippen molar-refractivity contribution >= 4 is 11.9 Å². The van der Waals surface area contributed by atoms with Crippen molar-refractivity contribution in [3.05, 3.63) is 29.8 Å². The van der Waals surface area contributed by atoms with Gasteiger partial charge in [0.2, 0.25) is 0 Å². The van der Waals surface area contributed by atoms with Crippen molar-refractivity contribution < 1.29 is 28.2 Å². The van der Waals surface area contributed by atoms with Crippen molar-refractivity contribution in [1.82, 2.24) is 4.90 Å². The molecule has 1 saturated carbocycles. The van der Waals surface area contributed by atoms with Gasteiger partial charge in [-0.05, 0) is 43.4 Å². The molecule has 3 rings (SSSR count). The molecule has 0 radical (unpaired) electrons. The zero-order valence-electron chi connectivity index (χ0n) is 13.0. The van der Waals surface area contributed by atoms with Crippen molar-refractivity contribution in [3.63, 3.8) is 0 Å². The zero-order chi connectivity index (χ0) is 17.3. The van der Waals surface area contributed by atoms with E-state index >= 15 is 0 Å². The molecule has 0 aromatic heterocycles. The van der Waals surface area contributed by atoms with Crippen LogP contribution in [0.3, 0.4) is 0 Å². The zero-order valence-corrected chi connectivity index (χ0v) is 13.0. The van der Waals surface area contributed by atoms with Crippen LogP contribution in [0.25, 0.3) is 0 Å². The van der Waals surface area contributed by atoms with E-state index in [0.29, 0.717) is 6.42 Å². The van der Waals surface area contributed by atoms with Crippen molar-refractivity contribution in [2.45, 2.75) is 50.8 Å². The molecule has 1 aromatic carbocycles. The highest BCUT2D eigenvalue weighted by molar-refractivity contribution is 5.97. The lowest BCUT2D eigenvalue weighted by Gasteiger charge is -2.33. The first-order valence-corrected chi connectivity index (χ1v) is 8.07. The summed E-state index contributed by atoms with van der Waals surface area (Å²) in [5.41, 5.74) is 0.172. The van der Waals surface area contributed by atoms with E-state index in [1.165, 1.54) is 29.2 Å². The molecule has 1 aliphatic heterocycles. The van der Waals surface area contributed by atoms with Gasteiger partial charge in [-0.15, -0.1) is 0 Å². The summed E-state index contributed by atoms with van der Waals surface area (Å²) in [7, 11) is 0. The fraction of sp³-hybridized carbons (Fsp3) is 0.529. The Morgan fingerprint density at radius 1 is 1.25 bits per heavy atom. The molecule has 1 amide bonds. The number of carboxylic acids is 1. The number of rotatable bonds is 4. The molecule has 3 unspecified atom stereocenters. The van der Waals surface area contributed by atoms with E-state index in [4.69, 9.17) is 0 Å². The van der Waals surface area contributed by atoms with Gasteiger partial charge in [0.05, 0.1) is 0 Å². The SMILES string of the molecule is O=C(O)C1CC2CCCCC2N1C(=O)c1cccc(OC(F)F)c1. The van der Waals surface area contributed by atoms with Crippen LogP contribution in [0.5, 0.6) is 5.75 Å². The minimum atomic E-state index is -2.98. The van der Waals surface area contributed by atoms with Gasteiger partial charge < -0.3 is 14.7 Å². The summed E-state index contributed by atoms with van der Waals surface area (Å²) in [5, 5.41) is 9.48. The Balaban J connectivity index is 1.87. The van der Waals surface area contributed by atoms with Crippen LogP contribution < -0.4 is 4.74 Å². The molecule has 0 bridgehead atoms. The molecule has 1 aromatic rings. The maximum absolute atomic E-state index is 12.9. The Labute approximate surface area is 138 Å². The third kappa shape index (κ3) is 3.20. The van der Waals surface area contributed by atoms with Crippen LogP contribution >= 0.6 is 0 Å². The predicted molar refractivity (Wildman–Crippen MR) is 81.0 cm³/mol. The van der Waals surface area contributed by atoms with Gasteiger partial charge in [0.1, 0.15) is 11.8 Å². The molecule has 24 heavy (non-hydrogen) atoms. The second kappa shape index (κ2) is 6.75. The first-order valence-electron chi connectivity index (χ1n) is 8.07. The fourth-order valence-electron chi connectivity index (χ4n) is 3.93. The molecule has 1 N–H and O–H groups in total. The highest BCUT2D eigenvalue weighted by Crippen LogP contribution is 2.40. The smallest absolute Gasteiger partial charge is 0.387 e. The lowest BCUT2D eigenvalue weighted by Crippen LogP contribution is -2.46. The van der Waals surface area contributed by atoms with Crippen molar-refractivity contribution in [2.75, 3.05) is 0 Å². The number of benzene rings is 1. The van der Waals surface area contributed by atoms with Crippen LogP contribution in [-0.4, -0.2) is 40.6 Å². The van der Waals surface area contributed by atoms with Crippen LogP contribution in [-0.2, 0) is 4.79 Å². The van der Waals surface area contributed by atoms with Gasteiger partial charge in [0.25, 0.3) is 5.91 Å². The molecule has 1 aliphatic carbocycles. The molecule has 1 saturated heterocycles. The van der Waals surface area contributed by atoms with Crippen LogP contribution in [0.2, 0.25) is 0 Å². The number of likely N-dealkylation sites (tertiary alicyclic amines) is 1. The number of nitrogens with zero attached hydrogens (tertiary/aromatic N) is 1.